The van der Waals surface area contributed by atoms with E-state index >= 15 is 0 Å². The van der Waals surface area contributed by atoms with E-state index < -0.39 is 0 Å². The summed E-state index contributed by atoms with van der Waals surface area (Å²) in [5.41, 5.74) is 1.76. The molecule has 0 saturated carbocycles. The van der Waals surface area contributed by atoms with Crippen LogP contribution in [0.1, 0.15) is 43.5 Å². The van der Waals surface area contributed by atoms with Gasteiger partial charge in [-0.3, -0.25) is 4.79 Å². The molecule has 1 aromatic carbocycles. The fraction of sp³-hybridized carbons (Fsp3) is 0.353. The topological polar surface area (TPSA) is 17.1 Å². The van der Waals surface area contributed by atoms with Gasteiger partial charge in [0.25, 0.3) is 0 Å². The van der Waals surface area contributed by atoms with E-state index in [1.165, 1.54) is 5.57 Å². The molecule has 1 aliphatic rings. The Balaban J connectivity index is 2.37. The summed E-state index contributed by atoms with van der Waals surface area (Å²) in [7, 11) is 0. The molecule has 1 unspecified atom stereocenters. The van der Waals surface area contributed by atoms with Crippen molar-refractivity contribution in [3.8, 4) is 0 Å². The fourth-order valence-corrected chi connectivity index (χ4v) is 2.54. The van der Waals surface area contributed by atoms with Gasteiger partial charge < -0.3 is 0 Å². The maximum atomic E-state index is 12.7. The maximum Gasteiger partial charge on any atom is 0.173 e. The lowest BCUT2D eigenvalue weighted by Crippen LogP contribution is -2.29. The van der Waals surface area contributed by atoms with Gasteiger partial charge in [-0.25, -0.2) is 0 Å². The molecular formula is C17H20O. The standard InChI is InChI=1S/C17H20O/c1-3-14-9-8-12-17(4-2,13-14)16(18)15-10-6-5-7-11-15/h5-11,13H,3-4,12H2,1-2H3. The first-order valence-corrected chi connectivity index (χ1v) is 6.70. The third-order valence-electron chi connectivity index (χ3n) is 3.80. The Morgan fingerprint density at radius 3 is 2.56 bits per heavy atom. The lowest BCUT2D eigenvalue weighted by Gasteiger charge is -2.30. The van der Waals surface area contributed by atoms with E-state index in [1.54, 1.807) is 0 Å². The Kier molecular flexibility index (Phi) is 3.81. The van der Waals surface area contributed by atoms with Gasteiger partial charge in [0.15, 0.2) is 5.78 Å². The van der Waals surface area contributed by atoms with Crippen molar-refractivity contribution < 1.29 is 4.79 Å². The first-order valence-electron chi connectivity index (χ1n) is 6.70. The van der Waals surface area contributed by atoms with E-state index in [4.69, 9.17) is 0 Å². The minimum absolute atomic E-state index is 0.251. The summed E-state index contributed by atoms with van der Waals surface area (Å²) in [4.78, 5) is 12.7. The number of hydrogen-bond donors (Lipinski definition) is 0. The Labute approximate surface area is 109 Å². The predicted octanol–water partition coefficient (Wildman–Crippen LogP) is 4.56. The Morgan fingerprint density at radius 2 is 1.94 bits per heavy atom. The molecule has 1 heteroatoms. The molecule has 1 aliphatic carbocycles. The highest BCUT2D eigenvalue weighted by molar-refractivity contribution is 6.02. The smallest absolute Gasteiger partial charge is 0.173 e. The van der Waals surface area contributed by atoms with Gasteiger partial charge in [0.05, 0.1) is 5.41 Å². The highest BCUT2D eigenvalue weighted by Gasteiger charge is 2.35. The molecule has 0 N–H and O–H groups in total. The van der Waals surface area contributed by atoms with Crippen molar-refractivity contribution in [3.05, 3.63) is 59.7 Å². The van der Waals surface area contributed by atoms with E-state index in [0.29, 0.717) is 0 Å². The first kappa shape index (κ1) is 12.8. The van der Waals surface area contributed by atoms with Gasteiger partial charge in [0.2, 0.25) is 0 Å². The molecule has 0 fully saturated rings. The third-order valence-corrected chi connectivity index (χ3v) is 3.80. The van der Waals surface area contributed by atoms with Gasteiger partial charge in [-0.2, -0.15) is 0 Å². The molecule has 18 heavy (non-hydrogen) atoms. The number of carbonyl (C=O) groups is 1. The average molecular weight is 240 g/mol. The predicted molar refractivity (Wildman–Crippen MR) is 75.6 cm³/mol. The van der Waals surface area contributed by atoms with Gasteiger partial charge in [-0.1, -0.05) is 68.0 Å². The van der Waals surface area contributed by atoms with Crippen LogP contribution < -0.4 is 0 Å². The molecule has 0 aromatic heterocycles. The van der Waals surface area contributed by atoms with E-state index in [2.05, 4.69) is 32.1 Å². The number of rotatable bonds is 4. The molecule has 1 atom stereocenters. The van der Waals surface area contributed by atoms with Crippen LogP contribution in [-0.2, 0) is 0 Å². The SMILES string of the molecule is CCC1=CC(CC)(C(=O)c2ccccc2)CC=C1. The molecule has 0 amide bonds. The molecule has 0 heterocycles. The minimum atomic E-state index is -0.332. The zero-order valence-corrected chi connectivity index (χ0v) is 11.1. The van der Waals surface area contributed by atoms with Crippen molar-refractivity contribution in [2.24, 2.45) is 5.41 Å². The molecule has 0 radical (unpaired) electrons. The van der Waals surface area contributed by atoms with Gasteiger partial charge in [0.1, 0.15) is 0 Å². The zero-order valence-electron chi connectivity index (χ0n) is 11.1. The van der Waals surface area contributed by atoms with E-state index in [9.17, 15) is 4.79 Å². The van der Waals surface area contributed by atoms with Crippen molar-refractivity contribution in [1.29, 1.82) is 0 Å². The van der Waals surface area contributed by atoms with Crippen LogP contribution in [0, 0.1) is 5.41 Å². The highest BCUT2D eigenvalue weighted by Crippen LogP contribution is 2.37. The molecule has 94 valence electrons. The van der Waals surface area contributed by atoms with Crippen molar-refractivity contribution >= 4 is 5.78 Å². The molecular weight excluding hydrogens is 220 g/mol. The van der Waals surface area contributed by atoms with E-state index in [1.807, 2.05) is 30.3 Å². The number of allylic oxidation sites excluding steroid dienone is 4. The number of Topliss-reactive ketones (excluding diaryl/α,β-unsaturated/α-hetero) is 1. The summed E-state index contributed by atoms with van der Waals surface area (Å²) in [6, 6.07) is 9.64. The number of hydrogen-bond acceptors (Lipinski definition) is 1. The number of benzene rings is 1. The molecule has 0 spiro atoms. The van der Waals surface area contributed by atoms with Crippen LogP contribution in [0.4, 0.5) is 0 Å². The lowest BCUT2D eigenvalue weighted by molar-refractivity contribution is 0.0846. The van der Waals surface area contributed by atoms with Crippen molar-refractivity contribution in [1.82, 2.24) is 0 Å². The molecule has 2 rings (SSSR count). The molecule has 0 aliphatic heterocycles. The van der Waals surface area contributed by atoms with Crippen LogP contribution in [-0.4, -0.2) is 5.78 Å². The second-order valence-corrected chi connectivity index (χ2v) is 4.88. The van der Waals surface area contributed by atoms with Crippen LogP contribution in [0.3, 0.4) is 0 Å². The molecule has 0 bridgehead atoms. The summed E-state index contributed by atoms with van der Waals surface area (Å²) in [5, 5.41) is 0. The van der Waals surface area contributed by atoms with Gasteiger partial charge in [0, 0.05) is 5.56 Å². The van der Waals surface area contributed by atoms with Crippen molar-refractivity contribution in [2.45, 2.75) is 33.1 Å². The zero-order chi connectivity index (χ0) is 13.0. The van der Waals surface area contributed by atoms with Crippen molar-refractivity contribution in [2.75, 3.05) is 0 Å². The largest absolute Gasteiger partial charge is 0.293 e. The second kappa shape index (κ2) is 5.34. The monoisotopic (exact) mass is 240 g/mol. The van der Waals surface area contributed by atoms with E-state index in [0.717, 1.165) is 24.8 Å². The Hall–Kier alpha value is -1.63. The van der Waals surface area contributed by atoms with Gasteiger partial charge in [-0.05, 0) is 19.3 Å². The Morgan fingerprint density at radius 1 is 1.22 bits per heavy atom. The quantitative estimate of drug-likeness (QED) is 0.705. The summed E-state index contributed by atoms with van der Waals surface area (Å²) in [5.74, 6) is 0.251. The summed E-state index contributed by atoms with van der Waals surface area (Å²) >= 11 is 0. The van der Waals surface area contributed by atoms with Crippen LogP contribution in [0.5, 0.6) is 0 Å². The number of ketones is 1. The molecule has 1 aromatic rings. The van der Waals surface area contributed by atoms with Crippen LogP contribution in [0.2, 0.25) is 0 Å². The van der Waals surface area contributed by atoms with Crippen molar-refractivity contribution in [3.63, 3.8) is 0 Å². The molecule has 0 saturated heterocycles. The van der Waals surface area contributed by atoms with Crippen LogP contribution in [0.15, 0.2) is 54.1 Å². The minimum Gasteiger partial charge on any atom is -0.293 e. The van der Waals surface area contributed by atoms with Gasteiger partial charge in [-0.15, -0.1) is 0 Å². The van der Waals surface area contributed by atoms with Crippen LogP contribution >= 0.6 is 0 Å². The van der Waals surface area contributed by atoms with Crippen LogP contribution in [0.25, 0.3) is 0 Å². The number of carbonyl (C=O) groups excluding carboxylic acids is 1. The first-order chi connectivity index (χ1) is 8.72. The lowest BCUT2D eigenvalue weighted by atomic mass is 9.72. The molecule has 1 nitrogen and oxygen atoms in total. The summed E-state index contributed by atoms with van der Waals surface area (Å²) in [6.45, 7) is 4.23. The Bertz CT molecular complexity index is 482. The summed E-state index contributed by atoms with van der Waals surface area (Å²) < 4.78 is 0. The maximum absolute atomic E-state index is 12.7. The normalized spacial score (nSPS) is 22.7. The van der Waals surface area contributed by atoms with Gasteiger partial charge >= 0.3 is 0 Å². The summed E-state index contributed by atoms with van der Waals surface area (Å²) in [6.07, 6.45) is 9.13. The average Bonchev–Trinajstić information content (AvgIpc) is 2.47. The second-order valence-electron chi connectivity index (χ2n) is 4.88. The van der Waals surface area contributed by atoms with E-state index in [-0.39, 0.29) is 11.2 Å². The fourth-order valence-electron chi connectivity index (χ4n) is 2.54. The third kappa shape index (κ3) is 2.31. The highest BCUT2D eigenvalue weighted by atomic mass is 16.1.